The maximum Gasteiger partial charge on any atom is 0.222 e. The molecule has 1 fully saturated rings. The molecule has 0 saturated carbocycles. The van der Waals surface area contributed by atoms with Crippen molar-refractivity contribution in [1.82, 2.24) is 15.5 Å². The first-order valence-electron chi connectivity index (χ1n) is 9.74. The second kappa shape index (κ2) is 10.2. The van der Waals surface area contributed by atoms with E-state index in [-0.39, 0.29) is 11.9 Å². The summed E-state index contributed by atoms with van der Waals surface area (Å²) < 4.78 is 0. The normalized spacial score (nSPS) is 17.5. The number of nitrogens with one attached hydrogen (secondary N) is 2. The third kappa shape index (κ3) is 6.02. The van der Waals surface area contributed by atoms with Crippen LogP contribution in [0.25, 0.3) is 0 Å². The van der Waals surface area contributed by atoms with Crippen molar-refractivity contribution in [2.24, 2.45) is 4.99 Å². The summed E-state index contributed by atoms with van der Waals surface area (Å²) in [5.41, 5.74) is 1.17. The van der Waals surface area contributed by atoms with Crippen molar-refractivity contribution >= 4 is 23.6 Å². The number of hydrogen-bond acceptors (Lipinski definition) is 3. The zero-order valence-corrected chi connectivity index (χ0v) is 17.3. The molecule has 2 aromatic carbocycles. The van der Waals surface area contributed by atoms with Crippen molar-refractivity contribution in [3.8, 4) is 0 Å². The lowest BCUT2D eigenvalue weighted by Crippen LogP contribution is -2.51. The smallest absolute Gasteiger partial charge is 0.222 e. The van der Waals surface area contributed by atoms with Gasteiger partial charge in [0.15, 0.2) is 5.96 Å². The molecule has 1 amide bonds. The van der Waals surface area contributed by atoms with Crippen LogP contribution in [0.15, 0.2) is 69.4 Å². The van der Waals surface area contributed by atoms with Gasteiger partial charge < -0.3 is 15.5 Å². The van der Waals surface area contributed by atoms with Gasteiger partial charge >= 0.3 is 0 Å². The number of nitrogens with zero attached hydrogens (tertiary/aromatic N) is 2. The van der Waals surface area contributed by atoms with Crippen LogP contribution in [0, 0.1) is 0 Å². The Hall–Kier alpha value is -2.47. The first-order chi connectivity index (χ1) is 13.6. The highest BCUT2D eigenvalue weighted by Crippen LogP contribution is 2.27. The molecule has 148 valence electrons. The summed E-state index contributed by atoms with van der Waals surface area (Å²) in [6, 6.07) is 19.2. The third-order valence-corrected chi connectivity index (χ3v) is 5.65. The Morgan fingerprint density at radius 2 is 1.86 bits per heavy atom. The second-order valence-electron chi connectivity index (χ2n) is 6.91. The van der Waals surface area contributed by atoms with Crippen LogP contribution < -0.4 is 10.6 Å². The van der Waals surface area contributed by atoms with E-state index in [0.717, 1.165) is 18.9 Å². The topological polar surface area (TPSA) is 56.7 Å². The summed E-state index contributed by atoms with van der Waals surface area (Å²) in [6.45, 7) is 4.20. The van der Waals surface area contributed by atoms with E-state index in [1.807, 2.05) is 13.1 Å². The first-order valence-corrected chi connectivity index (χ1v) is 10.6. The summed E-state index contributed by atoms with van der Waals surface area (Å²) in [5, 5.41) is 6.76. The highest BCUT2D eigenvalue weighted by atomic mass is 32.2. The van der Waals surface area contributed by atoms with Gasteiger partial charge in [0, 0.05) is 42.4 Å². The highest BCUT2D eigenvalue weighted by molar-refractivity contribution is 7.99. The maximum absolute atomic E-state index is 11.7. The minimum atomic E-state index is 0.216. The van der Waals surface area contributed by atoms with Gasteiger partial charge in [-0.15, -0.1) is 0 Å². The highest BCUT2D eigenvalue weighted by Gasteiger charge is 2.23. The average Bonchev–Trinajstić information content (AvgIpc) is 2.71. The van der Waals surface area contributed by atoms with Gasteiger partial charge in [0.05, 0.1) is 6.54 Å². The Kier molecular flexibility index (Phi) is 7.37. The molecule has 1 saturated heterocycles. The summed E-state index contributed by atoms with van der Waals surface area (Å²) in [6.07, 6.45) is 1.44. The average molecular weight is 397 g/mol. The third-order valence-electron chi connectivity index (χ3n) is 4.63. The number of carbonyl (C=O) groups is 1. The van der Waals surface area contributed by atoms with E-state index >= 15 is 0 Å². The zero-order chi connectivity index (χ0) is 19.8. The number of rotatable bonds is 6. The van der Waals surface area contributed by atoms with Crippen LogP contribution in [0.4, 0.5) is 0 Å². The van der Waals surface area contributed by atoms with Crippen LogP contribution >= 0.6 is 11.8 Å². The van der Waals surface area contributed by atoms with Crippen molar-refractivity contribution in [1.29, 1.82) is 0 Å². The van der Waals surface area contributed by atoms with Gasteiger partial charge in [0.25, 0.3) is 0 Å². The van der Waals surface area contributed by atoms with Gasteiger partial charge in [-0.25, -0.2) is 4.99 Å². The monoisotopic (exact) mass is 396 g/mol. The molecule has 28 heavy (non-hydrogen) atoms. The lowest BCUT2D eigenvalue weighted by molar-refractivity contribution is -0.132. The van der Waals surface area contributed by atoms with Crippen LogP contribution in [-0.2, 0) is 11.3 Å². The maximum atomic E-state index is 11.7. The molecule has 1 unspecified atom stereocenters. The molecule has 1 aliphatic rings. The number of piperidine rings is 1. The molecule has 2 aromatic rings. The van der Waals surface area contributed by atoms with Gasteiger partial charge in [-0.3, -0.25) is 4.79 Å². The molecule has 0 spiro atoms. The fourth-order valence-corrected chi connectivity index (χ4v) is 3.94. The Balaban J connectivity index is 1.57. The second-order valence-corrected chi connectivity index (χ2v) is 8.06. The Labute approximate surface area is 171 Å². The number of amides is 1. The van der Waals surface area contributed by atoms with E-state index in [1.54, 1.807) is 16.7 Å². The number of carbonyl (C=O) groups excluding carboxylic acids is 1. The van der Waals surface area contributed by atoms with Crippen molar-refractivity contribution in [2.45, 2.75) is 42.1 Å². The minimum absolute atomic E-state index is 0.216. The number of likely N-dealkylation sites (tertiary alicyclic amines) is 1. The zero-order valence-electron chi connectivity index (χ0n) is 16.5. The lowest BCUT2D eigenvalue weighted by Gasteiger charge is -2.31. The Morgan fingerprint density at radius 1 is 1.14 bits per heavy atom. The molecule has 3 rings (SSSR count). The van der Waals surface area contributed by atoms with E-state index < -0.39 is 0 Å². The lowest BCUT2D eigenvalue weighted by atomic mass is 10.1. The predicted octanol–water partition coefficient (Wildman–Crippen LogP) is 3.51. The van der Waals surface area contributed by atoms with Crippen LogP contribution in [-0.4, -0.2) is 42.9 Å². The number of hydrogen-bond donors (Lipinski definition) is 2. The van der Waals surface area contributed by atoms with Crippen LogP contribution in [0.3, 0.4) is 0 Å². The summed E-state index contributed by atoms with van der Waals surface area (Å²) in [5.74, 6) is 1.02. The van der Waals surface area contributed by atoms with E-state index in [4.69, 9.17) is 4.99 Å². The number of guanidine groups is 1. The molecule has 0 aliphatic carbocycles. The number of aliphatic imine (C=N–C) groups is 1. The molecule has 1 atom stereocenters. The molecule has 5 nitrogen and oxygen atoms in total. The molecule has 1 heterocycles. The fraction of sp³-hybridized carbons (Fsp3) is 0.364. The van der Waals surface area contributed by atoms with E-state index in [9.17, 15) is 4.79 Å². The SMILES string of the molecule is CCNC(=NCc1ccc(Sc2ccccc2)cc1)NC1CCC(=O)N(C)C1. The molecule has 0 radical (unpaired) electrons. The van der Waals surface area contributed by atoms with Gasteiger partial charge in [-0.05, 0) is 43.2 Å². The summed E-state index contributed by atoms with van der Waals surface area (Å²) >= 11 is 1.76. The number of benzene rings is 2. The molecule has 6 heteroatoms. The van der Waals surface area contributed by atoms with Gasteiger partial charge in [0.2, 0.25) is 5.91 Å². The summed E-state index contributed by atoms with van der Waals surface area (Å²) in [7, 11) is 1.86. The molecule has 0 aromatic heterocycles. The molecule has 1 aliphatic heterocycles. The van der Waals surface area contributed by atoms with Gasteiger partial charge in [-0.2, -0.15) is 0 Å². The van der Waals surface area contributed by atoms with E-state index in [0.29, 0.717) is 19.5 Å². The van der Waals surface area contributed by atoms with E-state index in [1.165, 1.54) is 15.4 Å². The van der Waals surface area contributed by atoms with Crippen molar-refractivity contribution in [2.75, 3.05) is 20.1 Å². The molecule has 0 bridgehead atoms. The Morgan fingerprint density at radius 3 is 2.54 bits per heavy atom. The molecule has 2 N–H and O–H groups in total. The quantitative estimate of drug-likeness (QED) is 0.579. The van der Waals surface area contributed by atoms with Crippen molar-refractivity contribution < 1.29 is 4.79 Å². The predicted molar refractivity (Wildman–Crippen MR) is 116 cm³/mol. The molecular formula is C22H28N4OS. The van der Waals surface area contributed by atoms with Crippen molar-refractivity contribution in [3.63, 3.8) is 0 Å². The van der Waals surface area contributed by atoms with Gasteiger partial charge in [-0.1, -0.05) is 42.1 Å². The standard InChI is InChI=1S/C22H28N4OS/c1-3-23-22(25-18-11-14-21(27)26(2)16-18)24-15-17-9-12-20(13-10-17)28-19-7-5-4-6-8-19/h4-10,12-13,18H,3,11,14-16H2,1-2H3,(H2,23,24,25). The van der Waals surface area contributed by atoms with Crippen LogP contribution in [0.2, 0.25) is 0 Å². The Bertz CT molecular complexity index is 792. The van der Waals surface area contributed by atoms with E-state index in [2.05, 4.69) is 66.1 Å². The van der Waals surface area contributed by atoms with Gasteiger partial charge in [0.1, 0.15) is 0 Å². The number of likely N-dealkylation sites (N-methyl/N-ethyl adjacent to an activating group) is 1. The van der Waals surface area contributed by atoms with Crippen molar-refractivity contribution in [3.05, 3.63) is 60.2 Å². The fourth-order valence-electron chi connectivity index (χ4n) is 3.10. The largest absolute Gasteiger partial charge is 0.357 e. The first kappa shape index (κ1) is 20.3. The minimum Gasteiger partial charge on any atom is -0.357 e. The summed E-state index contributed by atoms with van der Waals surface area (Å²) in [4.78, 5) is 20.6. The molecular weight excluding hydrogens is 368 g/mol. The van der Waals surface area contributed by atoms with Crippen LogP contribution in [0.5, 0.6) is 0 Å². The van der Waals surface area contributed by atoms with Crippen LogP contribution in [0.1, 0.15) is 25.3 Å².